The fourth-order valence-electron chi connectivity index (χ4n) is 1.62. The van der Waals surface area contributed by atoms with Crippen LogP contribution >= 0.6 is 0 Å². The number of nitrogens with one attached hydrogen (secondary N) is 1. The van der Waals surface area contributed by atoms with Crippen LogP contribution in [0.2, 0.25) is 0 Å². The fourth-order valence-corrected chi connectivity index (χ4v) is 1.62. The van der Waals surface area contributed by atoms with Gasteiger partial charge in [0.2, 0.25) is 0 Å². The van der Waals surface area contributed by atoms with Crippen LogP contribution in [0.1, 0.15) is 52.4 Å². The summed E-state index contributed by atoms with van der Waals surface area (Å²) in [7, 11) is 2.00. The van der Waals surface area contributed by atoms with Gasteiger partial charge in [0.1, 0.15) is 0 Å². The Morgan fingerprint density at radius 1 is 1.21 bits per heavy atom. The van der Waals surface area contributed by atoms with E-state index in [1.807, 2.05) is 7.05 Å². The number of unbranched alkanes of at least 4 members (excludes halogenated alkanes) is 1. The summed E-state index contributed by atoms with van der Waals surface area (Å²) in [5, 5.41) is 3.15. The molecule has 0 heterocycles. The van der Waals surface area contributed by atoms with Crippen molar-refractivity contribution in [3.63, 3.8) is 0 Å². The maximum Gasteiger partial charge on any atom is -0.00173 e. The molecule has 1 unspecified atom stereocenters. The van der Waals surface area contributed by atoms with Crippen LogP contribution in [0.5, 0.6) is 0 Å². The van der Waals surface area contributed by atoms with E-state index in [4.69, 9.17) is 0 Å². The SMILES string of the molecule is CCCCC(CC)CC=CCCNC. The van der Waals surface area contributed by atoms with E-state index in [0.717, 1.165) is 12.5 Å². The standard InChI is InChI=1S/C13H27N/c1-4-6-10-13(5-2)11-8-7-9-12-14-3/h7-8,13-14H,4-6,9-12H2,1-3H3. The molecule has 0 saturated carbocycles. The largest absolute Gasteiger partial charge is 0.319 e. The van der Waals surface area contributed by atoms with Gasteiger partial charge in [-0.15, -0.1) is 0 Å². The van der Waals surface area contributed by atoms with E-state index in [0.29, 0.717) is 0 Å². The van der Waals surface area contributed by atoms with Gasteiger partial charge in [0.05, 0.1) is 0 Å². The first kappa shape index (κ1) is 13.7. The lowest BCUT2D eigenvalue weighted by Crippen LogP contribution is -2.05. The second kappa shape index (κ2) is 10.8. The van der Waals surface area contributed by atoms with Gasteiger partial charge in [0, 0.05) is 0 Å². The molecule has 0 aromatic carbocycles. The first-order valence-electron chi connectivity index (χ1n) is 6.14. The first-order chi connectivity index (χ1) is 6.85. The zero-order valence-corrected chi connectivity index (χ0v) is 10.2. The first-order valence-corrected chi connectivity index (χ1v) is 6.14. The summed E-state index contributed by atoms with van der Waals surface area (Å²) in [6, 6.07) is 0. The van der Waals surface area contributed by atoms with Crippen LogP contribution in [-0.4, -0.2) is 13.6 Å². The number of hydrogen-bond donors (Lipinski definition) is 1. The molecule has 0 aliphatic carbocycles. The maximum absolute atomic E-state index is 3.15. The Morgan fingerprint density at radius 3 is 2.57 bits per heavy atom. The predicted octanol–water partition coefficient (Wildman–Crippen LogP) is 3.76. The van der Waals surface area contributed by atoms with Crippen molar-refractivity contribution in [2.45, 2.75) is 52.4 Å². The van der Waals surface area contributed by atoms with E-state index in [2.05, 4.69) is 31.3 Å². The zero-order chi connectivity index (χ0) is 10.6. The summed E-state index contributed by atoms with van der Waals surface area (Å²) in [5.41, 5.74) is 0. The molecule has 0 rings (SSSR count). The molecule has 1 N–H and O–H groups in total. The van der Waals surface area contributed by atoms with Crippen LogP contribution in [0.25, 0.3) is 0 Å². The molecule has 0 amide bonds. The summed E-state index contributed by atoms with van der Waals surface area (Å²) in [6.07, 6.45) is 12.6. The van der Waals surface area contributed by atoms with Crippen molar-refractivity contribution in [3.05, 3.63) is 12.2 Å². The highest BCUT2D eigenvalue weighted by Gasteiger charge is 2.02. The summed E-state index contributed by atoms with van der Waals surface area (Å²) in [5.74, 6) is 0.917. The Hall–Kier alpha value is -0.300. The number of rotatable bonds is 9. The lowest BCUT2D eigenvalue weighted by Gasteiger charge is -2.10. The normalized spacial score (nSPS) is 13.6. The molecule has 0 bridgehead atoms. The number of allylic oxidation sites excluding steroid dienone is 1. The van der Waals surface area contributed by atoms with Crippen LogP contribution in [0.3, 0.4) is 0 Å². The maximum atomic E-state index is 3.15. The van der Waals surface area contributed by atoms with Gasteiger partial charge in [-0.2, -0.15) is 0 Å². The molecule has 0 fully saturated rings. The van der Waals surface area contributed by atoms with Crippen molar-refractivity contribution in [1.82, 2.24) is 5.32 Å². The molecule has 0 saturated heterocycles. The minimum Gasteiger partial charge on any atom is -0.319 e. The van der Waals surface area contributed by atoms with Crippen molar-refractivity contribution in [3.8, 4) is 0 Å². The van der Waals surface area contributed by atoms with Crippen molar-refractivity contribution in [2.24, 2.45) is 5.92 Å². The van der Waals surface area contributed by atoms with Crippen molar-refractivity contribution >= 4 is 0 Å². The van der Waals surface area contributed by atoms with Gasteiger partial charge >= 0.3 is 0 Å². The lowest BCUT2D eigenvalue weighted by atomic mass is 9.96. The third-order valence-electron chi connectivity index (χ3n) is 2.74. The molecule has 0 aromatic rings. The summed E-state index contributed by atoms with van der Waals surface area (Å²) in [4.78, 5) is 0. The van der Waals surface area contributed by atoms with E-state index in [9.17, 15) is 0 Å². The summed E-state index contributed by atoms with van der Waals surface area (Å²) >= 11 is 0. The fraction of sp³-hybridized carbons (Fsp3) is 0.846. The molecule has 0 radical (unpaired) electrons. The molecule has 1 nitrogen and oxygen atoms in total. The van der Waals surface area contributed by atoms with E-state index in [-0.39, 0.29) is 0 Å². The average Bonchev–Trinajstić information content (AvgIpc) is 2.22. The second-order valence-electron chi connectivity index (χ2n) is 4.02. The second-order valence-corrected chi connectivity index (χ2v) is 4.02. The summed E-state index contributed by atoms with van der Waals surface area (Å²) < 4.78 is 0. The molecule has 0 aliphatic heterocycles. The molecule has 0 spiro atoms. The molecular weight excluding hydrogens is 170 g/mol. The Labute approximate surface area is 90.0 Å². The van der Waals surface area contributed by atoms with E-state index < -0.39 is 0 Å². The molecule has 1 atom stereocenters. The third kappa shape index (κ3) is 8.31. The van der Waals surface area contributed by atoms with Crippen LogP contribution < -0.4 is 5.32 Å². The van der Waals surface area contributed by atoms with E-state index in [1.165, 1.54) is 38.5 Å². The molecule has 84 valence electrons. The van der Waals surface area contributed by atoms with Crippen LogP contribution in [0.15, 0.2) is 12.2 Å². The molecule has 0 aliphatic rings. The smallest absolute Gasteiger partial charge is 0.00173 e. The monoisotopic (exact) mass is 197 g/mol. The Kier molecular flexibility index (Phi) is 10.5. The van der Waals surface area contributed by atoms with Gasteiger partial charge < -0.3 is 5.32 Å². The van der Waals surface area contributed by atoms with Crippen LogP contribution in [0, 0.1) is 5.92 Å². The highest BCUT2D eigenvalue weighted by Crippen LogP contribution is 2.16. The van der Waals surface area contributed by atoms with Crippen molar-refractivity contribution in [1.29, 1.82) is 0 Å². The molecule has 0 aromatic heterocycles. The van der Waals surface area contributed by atoms with Gasteiger partial charge in [0.25, 0.3) is 0 Å². The minimum atomic E-state index is 0.917. The van der Waals surface area contributed by atoms with Crippen LogP contribution in [0.4, 0.5) is 0 Å². The van der Waals surface area contributed by atoms with Crippen molar-refractivity contribution < 1.29 is 0 Å². The Bertz CT molecular complexity index is 129. The van der Waals surface area contributed by atoms with Crippen molar-refractivity contribution in [2.75, 3.05) is 13.6 Å². The minimum absolute atomic E-state index is 0.917. The zero-order valence-electron chi connectivity index (χ0n) is 10.2. The summed E-state index contributed by atoms with van der Waals surface area (Å²) in [6.45, 7) is 5.68. The quantitative estimate of drug-likeness (QED) is 0.438. The van der Waals surface area contributed by atoms with Gasteiger partial charge in [-0.1, -0.05) is 51.7 Å². The number of hydrogen-bond acceptors (Lipinski definition) is 1. The highest BCUT2D eigenvalue weighted by atomic mass is 14.8. The Balaban J connectivity index is 3.45. The van der Waals surface area contributed by atoms with Gasteiger partial charge in [-0.25, -0.2) is 0 Å². The molecule has 14 heavy (non-hydrogen) atoms. The molecule has 1 heteroatoms. The predicted molar refractivity (Wildman–Crippen MR) is 65.6 cm³/mol. The van der Waals surface area contributed by atoms with Gasteiger partial charge in [-0.3, -0.25) is 0 Å². The highest BCUT2D eigenvalue weighted by molar-refractivity contribution is 4.84. The Morgan fingerprint density at radius 2 is 2.00 bits per heavy atom. The average molecular weight is 197 g/mol. The topological polar surface area (TPSA) is 12.0 Å². The van der Waals surface area contributed by atoms with E-state index in [1.54, 1.807) is 0 Å². The van der Waals surface area contributed by atoms with E-state index >= 15 is 0 Å². The van der Waals surface area contributed by atoms with Crippen LogP contribution in [-0.2, 0) is 0 Å². The van der Waals surface area contributed by atoms with Gasteiger partial charge in [0.15, 0.2) is 0 Å². The molecular formula is C13H27N. The van der Waals surface area contributed by atoms with Gasteiger partial charge in [-0.05, 0) is 32.4 Å². The lowest BCUT2D eigenvalue weighted by molar-refractivity contribution is 0.456. The third-order valence-corrected chi connectivity index (χ3v) is 2.74.